The first kappa shape index (κ1) is 14.8. The molecule has 2 heterocycles. The number of aromatic nitrogens is 1. The first-order valence-electron chi connectivity index (χ1n) is 6.45. The number of para-hydroxylation sites is 1. The van der Waals surface area contributed by atoms with Crippen LogP contribution in [-0.4, -0.2) is 19.3 Å². The third kappa shape index (κ3) is 3.03. The molecule has 114 valence electrons. The van der Waals surface area contributed by atoms with Gasteiger partial charge >= 0.3 is 0 Å². The number of aromatic amines is 1. The second kappa shape index (κ2) is 5.91. The van der Waals surface area contributed by atoms with E-state index in [1.165, 1.54) is 6.07 Å². The molecule has 0 atom stereocenters. The molecule has 1 aromatic carbocycles. The van der Waals surface area contributed by atoms with E-state index in [9.17, 15) is 13.2 Å². The van der Waals surface area contributed by atoms with Crippen molar-refractivity contribution in [1.82, 2.24) is 15.2 Å². The number of thiophene rings is 1. The molecule has 0 unspecified atom stereocenters. The smallest absolute Gasteiger partial charge is 0.266 e. The molecule has 3 aromatic rings. The molecule has 0 fully saturated rings. The maximum Gasteiger partial charge on any atom is 0.266 e. The summed E-state index contributed by atoms with van der Waals surface area (Å²) in [6, 6.07) is 10.7. The zero-order chi connectivity index (χ0) is 15.6. The van der Waals surface area contributed by atoms with Gasteiger partial charge in [0.2, 0.25) is 5.91 Å². The van der Waals surface area contributed by atoms with E-state index in [-0.39, 0.29) is 10.6 Å². The van der Waals surface area contributed by atoms with Crippen molar-refractivity contribution < 1.29 is 13.2 Å². The quantitative estimate of drug-likeness (QED) is 0.621. The fourth-order valence-corrected chi connectivity index (χ4v) is 3.94. The Bertz CT molecular complexity index is 898. The topological polar surface area (TPSA) is 91.1 Å². The first-order valence-corrected chi connectivity index (χ1v) is 8.82. The Balaban J connectivity index is 1.66. The maximum absolute atomic E-state index is 11.9. The molecule has 0 aliphatic rings. The second-order valence-electron chi connectivity index (χ2n) is 4.62. The van der Waals surface area contributed by atoms with Gasteiger partial charge in [-0.15, -0.1) is 16.2 Å². The molecular weight excluding hydrogens is 322 g/mol. The summed E-state index contributed by atoms with van der Waals surface area (Å²) in [6.45, 7) is 0. The normalized spacial score (nSPS) is 11.6. The zero-order valence-electron chi connectivity index (χ0n) is 11.4. The van der Waals surface area contributed by atoms with E-state index >= 15 is 0 Å². The van der Waals surface area contributed by atoms with Crippen LogP contribution >= 0.6 is 11.3 Å². The summed E-state index contributed by atoms with van der Waals surface area (Å²) in [7, 11) is -3.70. The van der Waals surface area contributed by atoms with Gasteiger partial charge in [-0.1, -0.05) is 24.3 Å². The highest BCUT2D eigenvalue weighted by molar-refractivity contribution is 7.91. The molecule has 0 aliphatic carbocycles. The van der Waals surface area contributed by atoms with Gasteiger partial charge in [-0.2, -0.15) is 0 Å². The van der Waals surface area contributed by atoms with Crippen molar-refractivity contribution >= 4 is 38.2 Å². The van der Waals surface area contributed by atoms with Crippen LogP contribution in [-0.2, 0) is 21.2 Å². The summed E-state index contributed by atoms with van der Waals surface area (Å²) in [4.78, 5) is 17.1. The number of amides is 1. The fourth-order valence-electron chi connectivity index (χ4n) is 2.09. The Labute approximate surface area is 131 Å². The van der Waals surface area contributed by atoms with Crippen LogP contribution in [0, 0.1) is 0 Å². The molecule has 0 saturated heterocycles. The van der Waals surface area contributed by atoms with Gasteiger partial charge in [-0.05, 0) is 23.1 Å². The van der Waals surface area contributed by atoms with Gasteiger partial charge in [0, 0.05) is 17.1 Å². The standard InChI is InChI=1S/C14H13N3O3S2/c18-13(16-17-22(19,20)14-6-3-7-21-14)8-10-9-15-12-5-2-1-4-11(10)12/h1-7,9,15,17H,8H2,(H,16,18). The average molecular weight is 335 g/mol. The van der Waals surface area contributed by atoms with Crippen LogP contribution in [0.3, 0.4) is 0 Å². The minimum Gasteiger partial charge on any atom is -0.361 e. The Morgan fingerprint density at radius 3 is 2.77 bits per heavy atom. The number of fused-ring (bicyclic) bond motifs is 1. The van der Waals surface area contributed by atoms with E-state index < -0.39 is 15.9 Å². The van der Waals surface area contributed by atoms with Crippen LogP contribution in [0.25, 0.3) is 10.9 Å². The van der Waals surface area contributed by atoms with Crippen LogP contribution in [0.1, 0.15) is 5.56 Å². The lowest BCUT2D eigenvalue weighted by atomic mass is 10.1. The number of sulfonamides is 1. The van der Waals surface area contributed by atoms with E-state index in [0.29, 0.717) is 0 Å². The van der Waals surface area contributed by atoms with Crippen LogP contribution in [0.2, 0.25) is 0 Å². The monoisotopic (exact) mass is 335 g/mol. The Kier molecular flexibility index (Phi) is 3.97. The van der Waals surface area contributed by atoms with Gasteiger partial charge in [0.25, 0.3) is 10.0 Å². The Hall–Kier alpha value is -2.16. The number of nitrogens with one attached hydrogen (secondary N) is 3. The summed E-state index contributed by atoms with van der Waals surface area (Å²) in [5.41, 5.74) is 3.97. The number of H-pyrrole nitrogens is 1. The zero-order valence-corrected chi connectivity index (χ0v) is 13.0. The van der Waals surface area contributed by atoms with E-state index in [1.54, 1.807) is 17.6 Å². The van der Waals surface area contributed by atoms with Crippen molar-refractivity contribution in [3.63, 3.8) is 0 Å². The predicted molar refractivity (Wildman–Crippen MR) is 84.8 cm³/mol. The number of rotatable bonds is 5. The lowest BCUT2D eigenvalue weighted by molar-refractivity contribution is -0.120. The van der Waals surface area contributed by atoms with Crippen molar-refractivity contribution in [2.75, 3.05) is 0 Å². The lowest BCUT2D eigenvalue weighted by Gasteiger charge is -2.06. The highest BCUT2D eigenvalue weighted by Crippen LogP contribution is 2.18. The maximum atomic E-state index is 11.9. The van der Waals surface area contributed by atoms with Crippen molar-refractivity contribution in [2.24, 2.45) is 0 Å². The Morgan fingerprint density at radius 2 is 2.00 bits per heavy atom. The third-order valence-corrected chi connectivity index (χ3v) is 5.76. The summed E-state index contributed by atoms with van der Waals surface area (Å²) in [5, 5.41) is 2.60. The summed E-state index contributed by atoms with van der Waals surface area (Å²) >= 11 is 1.08. The van der Waals surface area contributed by atoms with Crippen LogP contribution < -0.4 is 10.3 Å². The highest BCUT2D eigenvalue weighted by atomic mass is 32.2. The fraction of sp³-hybridized carbons (Fsp3) is 0.0714. The van der Waals surface area contributed by atoms with Crippen LogP contribution in [0.5, 0.6) is 0 Å². The van der Waals surface area contributed by atoms with Crippen molar-refractivity contribution in [3.8, 4) is 0 Å². The Morgan fingerprint density at radius 1 is 1.18 bits per heavy atom. The number of carbonyl (C=O) groups excluding carboxylic acids is 1. The number of hydrogen-bond acceptors (Lipinski definition) is 4. The molecule has 3 rings (SSSR count). The number of carbonyl (C=O) groups is 1. The van der Waals surface area contributed by atoms with Crippen LogP contribution in [0.15, 0.2) is 52.2 Å². The molecule has 0 aliphatic heterocycles. The number of hydrazine groups is 1. The van der Waals surface area contributed by atoms with Gasteiger partial charge in [-0.25, -0.2) is 8.42 Å². The van der Waals surface area contributed by atoms with Gasteiger partial charge < -0.3 is 4.98 Å². The SMILES string of the molecule is O=C(Cc1c[nH]c2ccccc12)NNS(=O)(=O)c1cccs1. The largest absolute Gasteiger partial charge is 0.361 e. The molecule has 0 spiro atoms. The molecule has 1 amide bonds. The molecule has 0 radical (unpaired) electrons. The molecule has 8 heteroatoms. The lowest BCUT2D eigenvalue weighted by Crippen LogP contribution is -2.42. The summed E-state index contributed by atoms with van der Waals surface area (Å²) in [5.74, 6) is -0.426. The molecule has 22 heavy (non-hydrogen) atoms. The molecular formula is C14H13N3O3S2. The van der Waals surface area contributed by atoms with E-state index in [0.717, 1.165) is 27.8 Å². The predicted octanol–water partition coefficient (Wildman–Crippen LogP) is 1.78. The van der Waals surface area contributed by atoms with Gasteiger partial charge in [0.05, 0.1) is 6.42 Å². The summed E-state index contributed by atoms with van der Waals surface area (Å²) < 4.78 is 23.9. The van der Waals surface area contributed by atoms with Crippen LogP contribution in [0.4, 0.5) is 0 Å². The van der Waals surface area contributed by atoms with Gasteiger partial charge in [-0.3, -0.25) is 10.2 Å². The summed E-state index contributed by atoms with van der Waals surface area (Å²) in [6.07, 6.45) is 1.83. The van der Waals surface area contributed by atoms with Gasteiger partial charge in [0.15, 0.2) is 0 Å². The van der Waals surface area contributed by atoms with Crippen molar-refractivity contribution in [2.45, 2.75) is 10.6 Å². The molecule has 6 nitrogen and oxygen atoms in total. The molecule has 0 saturated carbocycles. The molecule has 2 aromatic heterocycles. The molecule has 0 bridgehead atoms. The van der Waals surface area contributed by atoms with Crippen molar-refractivity contribution in [3.05, 3.63) is 53.5 Å². The third-order valence-electron chi connectivity index (χ3n) is 3.11. The highest BCUT2D eigenvalue weighted by Gasteiger charge is 2.16. The van der Waals surface area contributed by atoms with E-state index in [1.807, 2.05) is 24.3 Å². The number of benzene rings is 1. The molecule has 3 N–H and O–H groups in total. The minimum absolute atomic E-state index is 0.0803. The second-order valence-corrected chi connectivity index (χ2v) is 7.48. The minimum atomic E-state index is -3.70. The van der Waals surface area contributed by atoms with Crippen molar-refractivity contribution in [1.29, 1.82) is 0 Å². The first-order chi connectivity index (χ1) is 10.6. The average Bonchev–Trinajstić information content (AvgIpc) is 3.16. The number of hydrogen-bond donors (Lipinski definition) is 3. The van der Waals surface area contributed by atoms with E-state index in [4.69, 9.17) is 0 Å². The van der Waals surface area contributed by atoms with Gasteiger partial charge in [0.1, 0.15) is 4.21 Å². The van der Waals surface area contributed by atoms with E-state index in [2.05, 4.69) is 15.2 Å².